The lowest BCUT2D eigenvalue weighted by molar-refractivity contribution is 0.0591. The van der Waals surface area contributed by atoms with Crippen LogP contribution in [0.3, 0.4) is 0 Å². The number of amides is 1. The Balaban J connectivity index is 2.34. The predicted molar refractivity (Wildman–Crippen MR) is 85.6 cm³/mol. The van der Waals surface area contributed by atoms with Crippen LogP contribution in [0, 0.1) is 0 Å². The molecule has 1 N–H and O–H groups in total. The minimum Gasteiger partial charge on any atom is -0.383 e. The standard InChI is InChI=1S/C17H24N2O2/c1-4-14(5-2)19(11-12-21-3)17(20)15-8-6-7-13-9-10-18-16(13)15/h6-10,14,18H,4-5,11-12H2,1-3H3. The zero-order chi connectivity index (χ0) is 15.2. The Labute approximate surface area is 126 Å². The molecule has 21 heavy (non-hydrogen) atoms. The molecule has 0 aliphatic rings. The van der Waals surface area contributed by atoms with Crippen molar-refractivity contribution >= 4 is 16.8 Å². The largest absolute Gasteiger partial charge is 0.383 e. The second-order valence-electron chi connectivity index (χ2n) is 5.21. The number of aromatic amines is 1. The van der Waals surface area contributed by atoms with Crippen molar-refractivity contribution in [2.24, 2.45) is 0 Å². The average Bonchev–Trinajstić information content (AvgIpc) is 2.99. The number of rotatable bonds is 7. The highest BCUT2D eigenvalue weighted by Gasteiger charge is 2.23. The molecule has 4 nitrogen and oxygen atoms in total. The molecule has 1 heterocycles. The van der Waals surface area contributed by atoms with Crippen LogP contribution in [0.2, 0.25) is 0 Å². The minimum atomic E-state index is 0.0776. The highest BCUT2D eigenvalue weighted by atomic mass is 16.5. The first kappa shape index (κ1) is 15.6. The van der Waals surface area contributed by atoms with Crippen molar-refractivity contribution in [3.8, 4) is 0 Å². The van der Waals surface area contributed by atoms with E-state index in [0.717, 1.165) is 29.3 Å². The van der Waals surface area contributed by atoms with Crippen molar-refractivity contribution in [3.05, 3.63) is 36.0 Å². The Bertz CT molecular complexity index is 587. The molecule has 0 saturated carbocycles. The Morgan fingerprint density at radius 2 is 2.05 bits per heavy atom. The number of benzene rings is 1. The fourth-order valence-electron chi connectivity index (χ4n) is 2.79. The van der Waals surface area contributed by atoms with E-state index in [0.29, 0.717) is 13.2 Å². The van der Waals surface area contributed by atoms with Crippen LogP contribution < -0.4 is 0 Å². The lowest BCUT2D eigenvalue weighted by atomic mass is 10.1. The summed E-state index contributed by atoms with van der Waals surface area (Å²) >= 11 is 0. The Morgan fingerprint density at radius 1 is 1.29 bits per heavy atom. The van der Waals surface area contributed by atoms with Gasteiger partial charge in [-0.2, -0.15) is 0 Å². The molecule has 0 aliphatic heterocycles. The minimum absolute atomic E-state index is 0.0776. The lowest BCUT2D eigenvalue weighted by Gasteiger charge is -2.30. The molecule has 0 aliphatic carbocycles. The monoisotopic (exact) mass is 288 g/mol. The van der Waals surface area contributed by atoms with Crippen LogP contribution in [0.25, 0.3) is 10.9 Å². The second kappa shape index (κ2) is 7.27. The topological polar surface area (TPSA) is 45.3 Å². The van der Waals surface area contributed by atoms with Crippen LogP contribution in [0.1, 0.15) is 37.0 Å². The third-order valence-electron chi connectivity index (χ3n) is 4.00. The fraction of sp³-hybridized carbons (Fsp3) is 0.471. The van der Waals surface area contributed by atoms with Gasteiger partial charge >= 0.3 is 0 Å². The number of carbonyl (C=O) groups excluding carboxylic acids is 1. The Kier molecular flexibility index (Phi) is 5.39. The van der Waals surface area contributed by atoms with Crippen molar-refractivity contribution in [2.45, 2.75) is 32.7 Å². The first-order valence-corrected chi connectivity index (χ1v) is 7.58. The molecule has 1 aromatic carbocycles. The summed E-state index contributed by atoms with van der Waals surface area (Å²) in [7, 11) is 1.67. The normalized spacial score (nSPS) is 11.2. The van der Waals surface area contributed by atoms with Gasteiger partial charge in [0.05, 0.1) is 17.7 Å². The number of carbonyl (C=O) groups is 1. The van der Waals surface area contributed by atoms with E-state index in [1.165, 1.54) is 0 Å². The van der Waals surface area contributed by atoms with Crippen molar-refractivity contribution in [3.63, 3.8) is 0 Å². The van der Waals surface area contributed by atoms with E-state index in [1.807, 2.05) is 35.4 Å². The zero-order valence-electron chi connectivity index (χ0n) is 13.1. The SMILES string of the molecule is CCC(CC)N(CCOC)C(=O)c1cccc2cc[nH]c12. The van der Waals surface area contributed by atoms with Crippen LogP contribution in [-0.2, 0) is 4.74 Å². The van der Waals surface area contributed by atoms with Gasteiger partial charge in [-0.1, -0.05) is 26.0 Å². The third-order valence-corrected chi connectivity index (χ3v) is 4.00. The highest BCUT2D eigenvalue weighted by molar-refractivity contribution is 6.05. The Hall–Kier alpha value is -1.81. The predicted octanol–water partition coefficient (Wildman–Crippen LogP) is 3.45. The van der Waals surface area contributed by atoms with Crippen molar-refractivity contribution in [2.75, 3.05) is 20.3 Å². The lowest BCUT2D eigenvalue weighted by Crippen LogP contribution is -2.41. The molecular weight excluding hydrogens is 264 g/mol. The van der Waals surface area contributed by atoms with Crippen molar-refractivity contribution in [1.29, 1.82) is 0 Å². The summed E-state index contributed by atoms with van der Waals surface area (Å²) < 4.78 is 5.17. The van der Waals surface area contributed by atoms with E-state index in [1.54, 1.807) is 7.11 Å². The summed E-state index contributed by atoms with van der Waals surface area (Å²) in [5, 5.41) is 1.07. The quantitative estimate of drug-likeness (QED) is 0.848. The number of hydrogen-bond acceptors (Lipinski definition) is 2. The molecule has 0 spiro atoms. The molecule has 0 radical (unpaired) electrons. The van der Waals surface area contributed by atoms with Gasteiger partial charge < -0.3 is 14.6 Å². The van der Waals surface area contributed by atoms with Gasteiger partial charge in [0.2, 0.25) is 0 Å². The maximum Gasteiger partial charge on any atom is 0.256 e. The molecule has 2 aromatic rings. The van der Waals surface area contributed by atoms with Gasteiger partial charge in [0.15, 0.2) is 0 Å². The summed E-state index contributed by atoms with van der Waals surface area (Å²) in [5.74, 6) is 0.0776. The molecule has 0 atom stereocenters. The number of fused-ring (bicyclic) bond motifs is 1. The molecule has 2 rings (SSSR count). The van der Waals surface area contributed by atoms with Crippen LogP contribution >= 0.6 is 0 Å². The van der Waals surface area contributed by atoms with E-state index in [2.05, 4.69) is 18.8 Å². The van der Waals surface area contributed by atoms with E-state index in [4.69, 9.17) is 4.74 Å². The fourth-order valence-corrected chi connectivity index (χ4v) is 2.79. The van der Waals surface area contributed by atoms with Crippen molar-refractivity contribution in [1.82, 2.24) is 9.88 Å². The molecule has 1 aromatic heterocycles. The number of aromatic nitrogens is 1. The summed E-state index contributed by atoms with van der Waals surface area (Å²) in [5.41, 5.74) is 1.65. The number of methoxy groups -OCH3 is 1. The van der Waals surface area contributed by atoms with E-state index >= 15 is 0 Å². The molecule has 0 unspecified atom stereocenters. The van der Waals surface area contributed by atoms with Crippen LogP contribution in [0.5, 0.6) is 0 Å². The van der Waals surface area contributed by atoms with Crippen LogP contribution in [0.4, 0.5) is 0 Å². The molecule has 4 heteroatoms. The zero-order valence-corrected chi connectivity index (χ0v) is 13.1. The maximum absolute atomic E-state index is 13.0. The number of nitrogens with zero attached hydrogens (tertiary/aromatic N) is 1. The van der Waals surface area contributed by atoms with E-state index in [-0.39, 0.29) is 11.9 Å². The molecular formula is C17H24N2O2. The molecule has 114 valence electrons. The van der Waals surface area contributed by atoms with Gasteiger partial charge in [0.25, 0.3) is 5.91 Å². The van der Waals surface area contributed by atoms with Gasteiger partial charge in [0.1, 0.15) is 0 Å². The molecule has 0 saturated heterocycles. The maximum atomic E-state index is 13.0. The van der Waals surface area contributed by atoms with Gasteiger partial charge in [-0.25, -0.2) is 0 Å². The number of hydrogen-bond donors (Lipinski definition) is 1. The van der Waals surface area contributed by atoms with Gasteiger partial charge in [0, 0.05) is 31.3 Å². The van der Waals surface area contributed by atoms with Crippen molar-refractivity contribution < 1.29 is 9.53 Å². The number of H-pyrrole nitrogens is 1. The number of para-hydroxylation sites is 1. The van der Waals surface area contributed by atoms with Crippen LogP contribution in [0.15, 0.2) is 30.5 Å². The van der Waals surface area contributed by atoms with Gasteiger partial charge in [-0.3, -0.25) is 4.79 Å². The number of nitrogens with one attached hydrogen (secondary N) is 1. The average molecular weight is 288 g/mol. The molecule has 0 bridgehead atoms. The van der Waals surface area contributed by atoms with Crippen LogP contribution in [-0.4, -0.2) is 42.1 Å². The van der Waals surface area contributed by atoms with E-state index in [9.17, 15) is 4.79 Å². The number of ether oxygens (including phenoxy) is 1. The van der Waals surface area contributed by atoms with Gasteiger partial charge in [-0.15, -0.1) is 0 Å². The summed E-state index contributed by atoms with van der Waals surface area (Å²) in [6.07, 6.45) is 3.78. The summed E-state index contributed by atoms with van der Waals surface area (Å²) in [6, 6.07) is 8.08. The third kappa shape index (κ3) is 3.27. The summed E-state index contributed by atoms with van der Waals surface area (Å²) in [6.45, 7) is 5.43. The van der Waals surface area contributed by atoms with E-state index < -0.39 is 0 Å². The Morgan fingerprint density at radius 3 is 2.71 bits per heavy atom. The molecule has 0 fully saturated rings. The first-order chi connectivity index (χ1) is 10.2. The summed E-state index contributed by atoms with van der Waals surface area (Å²) in [4.78, 5) is 18.1. The first-order valence-electron chi connectivity index (χ1n) is 7.58. The second-order valence-corrected chi connectivity index (χ2v) is 5.21. The molecule has 1 amide bonds. The smallest absolute Gasteiger partial charge is 0.256 e. The van der Waals surface area contributed by atoms with Gasteiger partial charge in [-0.05, 0) is 25.0 Å². The highest BCUT2D eigenvalue weighted by Crippen LogP contribution is 2.21.